The lowest BCUT2D eigenvalue weighted by Gasteiger charge is -2.13. The summed E-state index contributed by atoms with van der Waals surface area (Å²) in [5, 5.41) is 0. The standard InChI is InChI=1S/C22H23NO7/c1-12-15(30-22(25)23(2)3)8-7-14-19(24)16(29-20(12)14)9-13-10-17(26-4)21(28-6)18(11-13)27-5/h7-11H,1-6H3. The molecule has 0 atom stereocenters. The first-order chi connectivity index (χ1) is 14.3. The van der Waals surface area contributed by atoms with E-state index in [1.165, 1.54) is 26.2 Å². The first-order valence-corrected chi connectivity index (χ1v) is 9.07. The molecule has 2 aromatic carbocycles. The Kier molecular flexibility index (Phi) is 5.86. The lowest BCUT2D eigenvalue weighted by Crippen LogP contribution is -2.25. The molecule has 0 N–H and O–H groups in total. The van der Waals surface area contributed by atoms with Gasteiger partial charge in [-0.2, -0.15) is 0 Å². The van der Waals surface area contributed by atoms with Gasteiger partial charge in [0.15, 0.2) is 17.3 Å². The van der Waals surface area contributed by atoms with Crippen molar-refractivity contribution >= 4 is 18.0 Å². The van der Waals surface area contributed by atoms with Gasteiger partial charge >= 0.3 is 6.09 Å². The molecular weight excluding hydrogens is 390 g/mol. The molecule has 1 amide bonds. The quantitative estimate of drug-likeness (QED) is 0.691. The zero-order valence-corrected chi connectivity index (χ0v) is 17.7. The molecule has 2 aromatic rings. The number of methoxy groups -OCH3 is 3. The molecule has 8 heteroatoms. The van der Waals surface area contributed by atoms with Gasteiger partial charge in [-0.3, -0.25) is 4.79 Å². The highest BCUT2D eigenvalue weighted by molar-refractivity contribution is 6.15. The normalized spacial score (nSPS) is 13.5. The van der Waals surface area contributed by atoms with Crippen molar-refractivity contribution in [2.24, 2.45) is 0 Å². The number of allylic oxidation sites excluding steroid dienone is 1. The van der Waals surface area contributed by atoms with Gasteiger partial charge in [-0.25, -0.2) is 4.79 Å². The van der Waals surface area contributed by atoms with E-state index in [4.69, 9.17) is 23.7 Å². The third kappa shape index (κ3) is 3.76. The first-order valence-electron chi connectivity index (χ1n) is 9.07. The highest BCUT2D eigenvalue weighted by Crippen LogP contribution is 2.41. The predicted molar refractivity (Wildman–Crippen MR) is 110 cm³/mol. The number of hydrogen-bond acceptors (Lipinski definition) is 7. The fourth-order valence-corrected chi connectivity index (χ4v) is 3.00. The van der Waals surface area contributed by atoms with E-state index < -0.39 is 6.09 Å². The summed E-state index contributed by atoms with van der Waals surface area (Å²) in [6, 6.07) is 6.59. The molecule has 0 saturated heterocycles. The molecule has 30 heavy (non-hydrogen) atoms. The number of nitrogens with zero attached hydrogens (tertiary/aromatic N) is 1. The third-order valence-electron chi connectivity index (χ3n) is 4.58. The number of carbonyl (C=O) groups excluding carboxylic acids is 2. The van der Waals surface area contributed by atoms with Crippen LogP contribution in [0.2, 0.25) is 0 Å². The van der Waals surface area contributed by atoms with Crippen molar-refractivity contribution in [3.05, 3.63) is 46.7 Å². The summed E-state index contributed by atoms with van der Waals surface area (Å²) in [5.41, 5.74) is 1.60. The maximum absolute atomic E-state index is 12.8. The number of ketones is 1. The van der Waals surface area contributed by atoms with E-state index in [1.54, 1.807) is 51.4 Å². The molecule has 8 nitrogen and oxygen atoms in total. The second kappa shape index (κ2) is 8.36. The zero-order chi connectivity index (χ0) is 22.0. The number of carbonyl (C=O) groups is 2. The van der Waals surface area contributed by atoms with Crippen LogP contribution in [0.15, 0.2) is 30.0 Å². The largest absolute Gasteiger partial charge is 0.493 e. The lowest BCUT2D eigenvalue weighted by atomic mass is 10.1. The Bertz CT molecular complexity index is 1020. The average Bonchev–Trinajstić information content (AvgIpc) is 3.05. The Morgan fingerprint density at radius 1 is 1.00 bits per heavy atom. The van der Waals surface area contributed by atoms with Gasteiger partial charge < -0.3 is 28.6 Å². The minimum absolute atomic E-state index is 0.137. The van der Waals surface area contributed by atoms with Gasteiger partial charge in [-0.05, 0) is 42.8 Å². The van der Waals surface area contributed by atoms with Gasteiger partial charge in [-0.15, -0.1) is 0 Å². The Hall–Kier alpha value is -3.68. The van der Waals surface area contributed by atoms with Crippen molar-refractivity contribution in [1.29, 1.82) is 0 Å². The van der Waals surface area contributed by atoms with E-state index in [1.807, 2.05) is 0 Å². The summed E-state index contributed by atoms with van der Waals surface area (Å²) in [5.74, 6) is 1.93. The molecule has 0 aliphatic carbocycles. The highest BCUT2D eigenvalue weighted by atomic mass is 16.6. The van der Waals surface area contributed by atoms with Crippen LogP contribution in [0.25, 0.3) is 6.08 Å². The number of amides is 1. The summed E-state index contributed by atoms with van der Waals surface area (Å²) < 4.78 is 27.2. The minimum Gasteiger partial charge on any atom is -0.493 e. The van der Waals surface area contributed by atoms with Crippen LogP contribution >= 0.6 is 0 Å². The summed E-state index contributed by atoms with van der Waals surface area (Å²) in [6.07, 6.45) is 1.08. The van der Waals surface area contributed by atoms with E-state index in [9.17, 15) is 9.59 Å². The summed E-state index contributed by atoms with van der Waals surface area (Å²) in [6.45, 7) is 1.73. The number of rotatable bonds is 5. The van der Waals surface area contributed by atoms with E-state index in [0.717, 1.165) is 0 Å². The van der Waals surface area contributed by atoms with Gasteiger partial charge in [0.25, 0.3) is 0 Å². The fourth-order valence-electron chi connectivity index (χ4n) is 3.00. The van der Waals surface area contributed by atoms with Gasteiger partial charge in [0.05, 0.1) is 26.9 Å². The molecular formula is C22H23NO7. The molecule has 0 spiro atoms. The monoisotopic (exact) mass is 413 g/mol. The number of Topliss-reactive ketones (excluding diaryl/α,β-unsaturated/α-hetero) is 1. The highest BCUT2D eigenvalue weighted by Gasteiger charge is 2.31. The van der Waals surface area contributed by atoms with Crippen molar-refractivity contribution < 1.29 is 33.3 Å². The van der Waals surface area contributed by atoms with Crippen LogP contribution in [-0.4, -0.2) is 52.2 Å². The van der Waals surface area contributed by atoms with Crippen molar-refractivity contribution in [2.45, 2.75) is 6.92 Å². The molecule has 0 aromatic heterocycles. The molecule has 1 aliphatic rings. The van der Waals surface area contributed by atoms with Crippen LogP contribution in [-0.2, 0) is 0 Å². The number of hydrogen-bond donors (Lipinski definition) is 0. The van der Waals surface area contributed by atoms with Crippen molar-refractivity contribution in [3.63, 3.8) is 0 Å². The van der Waals surface area contributed by atoms with E-state index in [0.29, 0.717) is 45.4 Å². The molecule has 3 rings (SSSR count). The Balaban J connectivity index is 1.97. The fraction of sp³-hybridized carbons (Fsp3) is 0.273. The summed E-state index contributed by atoms with van der Waals surface area (Å²) in [7, 11) is 7.72. The van der Waals surface area contributed by atoms with Crippen LogP contribution in [0.4, 0.5) is 4.79 Å². The van der Waals surface area contributed by atoms with Crippen molar-refractivity contribution in [1.82, 2.24) is 4.90 Å². The summed E-state index contributed by atoms with van der Waals surface area (Å²) >= 11 is 0. The zero-order valence-electron chi connectivity index (χ0n) is 17.7. The van der Waals surface area contributed by atoms with Crippen molar-refractivity contribution in [2.75, 3.05) is 35.4 Å². The first kappa shape index (κ1) is 21.0. The molecule has 0 bridgehead atoms. The van der Waals surface area contributed by atoms with Crippen LogP contribution < -0.4 is 23.7 Å². The van der Waals surface area contributed by atoms with Crippen LogP contribution in [0.5, 0.6) is 28.7 Å². The average molecular weight is 413 g/mol. The van der Waals surface area contributed by atoms with Crippen LogP contribution in [0, 0.1) is 6.92 Å². The maximum Gasteiger partial charge on any atom is 0.414 e. The van der Waals surface area contributed by atoms with Crippen LogP contribution in [0.1, 0.15) is 21.5 Å². The molecule has 0 fully saturated rings. The number of fused-ring (bicyclic) bond motifs is 1. The SMILES string of the molecule is COc1cc(C=C2Oc3c(ccc(OC(=O)N(C)C)c3C)C2=O)cc(OC)c1OC. The Labute approximate surface area is 174 Å². The van der Waals surface area contributed by atoms with E-state index in [-0.39, 0.29) is 11.5 Å². The molecule has 0 saturated carbocycles. The van der Waals surface area contributed by atoms with E-state index >= 15 is 0 Å². The maximum atomic E-state index is 12.8. The van der Waals surface area contributed by atoms with Crippen LogP contribution in [0.3, 0.4) is 0 Å². The lowest BCUT2D eigenvalue weighted by molar-refractivity contribution is 0.101. The van der Waals surface area contributed by atoms with Gasteiger partial charge in [-0.1, -0.05) is 0 Å². The van der Waals surface area contributed by atoms with Gasteiger partial charge in [0.2, 0.25) is 11.5 Å². The molecule has 0 unspecified atom stereocenters. The van der Waals surface area contributed by atoms with Crippen molar-refractivity contribution in [3.8, 4) is 28.7 Å². The van der Waals surface area contributed by atoms with Gasteiger partial charge in [0.1, 0.15) is 11.5 Å². The topological polar surface area (TPSA) is 83.5 Å². The third-order valence-corrected chi connectivity index (χ3v) is 4.58. The molecule has 158 valence electrons. The number of ether oxygens (including phenoxy) is 5. The summed E-state index contributed by atoms with van der Waals surface area (Å²) in [4.78, 5) is 26.0. The van der Waals surface area contributed by atoms with E-state index in [2.05, 4.69) is 0 Å². The molecule has 1 aliphatic heterocycles. The second-order valence-corrected chi connectivity index (χ2v) is 6.73. The number of benzene rings is 2. The second-order valence-electron chi connectivity index (χ2n) is 6.73. The minimum atomic E-state index is -0.518. The molecule has 1 heterocycles. The Morgan fingerprint density at radius 3 is 2.17 bits per heavy atom. The molecule has 0 radical (unpaired) electrons. The Morgan fingerprint density at radius 2 is 1.63 bits per heavy atom. The smallest absolute Gasteiger partial charge is 0.414 e. The van der Waals surface area contributed by atoms with Gasteiger partial charge in [0, 0.05) is 19.7 Å². The predicted octanol–water partition coefficient (Wildman–Crippen LogP) is 3.70.